The molecule has 2 aromatic heterocycles. The molecule has 22 heavy (non-hydrogen) atoms. The predicted octanol–water partition coefficient (Wildman–Crippen LogP) is 1.01. The molecular formula is C15H21FN6. The Morgan fingerprint density at radius 2 is 1.95 bits per heavy atom. The molecule has 1 aliphatic heterocycles. The van der Waals surface area contributed by atoms with Gasteiger partial charge in [-0.05, 0) is 12.1 Å². The van der Waals surface area contributed by atoms with E-state index in [-0.39, 0.29) is 6.54 Å². The number of piperazine rings is 1. The van der Waals surface area contributed by atoms with E-state index in [2.05, 4.69) is 31.2 Å². The smallest absolute Gasteiger partial charge is 0.128 e. The molecule has 0 unspecified atom stereocenters. The fourth-order valence-electron chi connectivity index (χ4n) is 2.66. The molecule has 118 valence electrons. The van der Waals surface area contributed by atoms with Crippen LogP contribution in [0.5, 0.6) is 0 Å². The number of alkyl halides is 1. The van der Waals surface area contributed by atoms with Gasteiger partial charge in [0.2, 0.25) is 0 Å². The first-order valence-electron chi connectivity index (χ1n) is 7.68. The Hall–Kier alpha value is -2.02. The zero-order valence-electron chi connectivity index (χ0n) is 12.6. The van der Waals surface area contributed by atoms with Crippen molar-refractivity contribution in [3.05, 3.63) is 36.3 Å². The Morgan fingerprint density at radius 3 is 2.68 bits per heavy atom. The highest BCUT2D eigenvalue weighted by atomic mass is 19.1. The van der Waals surface area contributed by atoms with Gasteiger partial charge in [0.1, 0.15) is 12.5 Å². The second-order valence-electron chi connectivity index (χ2n) is 5.43. The summed E-state index contributed by atoms with van der Waals surface area (Å²) in [4.78, 5) is 9.13. The monoisotopic (exact) mass is 304 g/mol. The normalized spacial score (nSPS) is 16.1. The molecule has 1 fully saturated rings. The minimum Gasteiger partial charge on any atom is -0.354 e. The summed E-state index contributed by atoms with van der Waals surface area (Å²) in [6.07, 6.45) is 4.53. The number of aryl methyl sites for hydroxylation is 1. The van der Waals surface area contributed by atoms with Gasteiger partial charge in [0.25, 0.3) is 0 Å². The zero-order chi connectivity index (χ0) is 15.2. The molecule has 2 aromatic rings. The highest BCUT2D eigenvalue weighted by molar-refractivity contribution is 5.38. The van der Waals surface area contributed by atoms with Crippen molar-refractivity contribution in [1.82, 2.24) is 24.9 Å². The number of pyridine rings is 1. The molecule has 0 radical (unpaired) electrons. The fourth-order valence-corrected chi connectivity index (χ4v) is 2.66. The first kappa shape index (κ1) is 14.9. The van der Waals surface area contributed by atoms with Crippen molar-refractivity contribution in [2.45, 2.75) is 13.0 Å². The number of nitrogens with zero attached hydrogens (tertiary/aromatic N) is 6. The average molecular weight is 304 g/mol. The van der Waals surface area contributed by atoms with Gasteiger partial charge in [0.15, 0.2) is 0 Å². The SMILES string of the molecule is FCCn1cc(CCN2CCN(c3ccccn3)CC2)nn1. The summed E-state index contributed by atoms with van der Waals surface area (Å²) in [5, 5.41) is 7.99. The second-order valence-corrected chi connectivity index (χ2v) is 5.43. The van der Waals surface area contributed by atoms with Gasteiger partial charge >= 0.3 is 0 Å². The van der Waals surface area contributed by atoms with Gasteiger partial charge in [0, 0.05) is 51.5 Å². The lowest BCUT2D eigenvalue weighted by Crippen LogP contribution is -2.47. The lowest BCUT2D eigenvalue weighted by Gasteiger charge is -2.35. The maximum absolute atomic E-state index is 12.2. The van der Waals surface area contributed by atoms with Gasteiger partial charge in [0.05, 0.1) is 12.2 Å². The number of rotatable bonds is 6. The second kappa shape index (κ2) is 7.31. The molecule has 3 heterocycles. The maximum atomic E-state index is 12.2. The van der Waals surface area contributed by atoms with Gasteiger partial charge in [-0.25, -0.2) is 14.1 Å². The van der Waals surface area contributed by atoms with Crippen LogP contribution in [0.25, 0.3) is 0 Å². The molecule has 0 aliphatic carbocycles. The van der Waals surface area contributed by atoms with Gasteiger partial charge in [-0.3, -0.25) is 4.90 Å². The van der Waals surface area contributed by atoms with Crippen LogP contribution in [0.4, 0.5) is 10.2 Å². The van der Waals surface area contributed by atoms with Crippen molar-refractivity contribution < 1.29 is 4.39 Å². The fraction of sp³-hybridized carbons (Fsp3) is 0.533. The van der Waals surface area contributed by atoms with Crippen molar-refractivity contribution in [1.29, 1.82) is 0 Å². The molecule has 7 heteroatoms. The molecule has 0 spiro atoms. The Bertz CT molecular complexity index is 564. The number of hydrogen-bond acceptors (Lipinski definition) is 5. The topological polar surface area (TPSA) is 50.1 Å². The Labute approximate surface area is 129 Å². The first-order valence-corrected chi connectivity index (χ1v) is 7.68. The lowest BCUT2D eigenvalue weighted by molar-refractivity contribution is 0.259. The van der Waals surface area contributed by atoms with Crippen LogP contribution in [0.15, 0.2) is 30.6 Å². The van der Waals surface area contributed by atoms with E-state index in [9.17, 15) is 4.39 Å². The summed E-state index contributed by atoms with van der Waals surface area (Å²) in [6.45, 7) is 4.87. The highest BCUT2D eigenvalue weighted by Gasteiger charge is 2.17. The summed E-state index contributed by atoms with van der Waals surface area (Å²) in [5.74, 6) is 1.05. The van der Waals surface area contributed by atoms with E-state index in [1.54, 1.807) is 4.68 Å². The summed E-state index contributed by atoms with van der Waals surface area (Å²) < 4.78 is 13.8. The van der Waals surface area contributed by atoms with Crippen molar-refractivity contribution >= 4 is 5.82 Å². The molecule has 6 nitrogen and oxygen atoms in total. The van der Waals surface area contributed by atoms with Crippen LogP contribution < -0.4 is 4.90 Å². The van der Waals surface area contributed by atoms with Crippen LogP contribution in [-0.4, -0.2) is 64.3 Å². The molecule has 1 saturated heterocycles. The minimum absolute atomic E-state index is 0.287. The quantitative estimate of drug-likeness (QED) is 0.797. The van der Waals surface area contributed by atoms with Crippen molar-refractivity contribution in [3.63, 3.8) is 0 Å². The molecule has 3 rings (SSSR count). The largest absolute Gasteiger partial charge is 0.354 e. The van der Waals surface area contributed by atoms with E-state index < -0.39 is 6.67 Å². The van der Waals surface area contributed by atoms with Crippen LogP contribution in [0.1, 0.15) is 5.69 Å². The molecule has 0 aromatic carbocycles. The third kappa shape index (κ3) is 3.79. The van der Waals surface area contributed by atoms with Gasteiger partial charge < -0.3 is 4.90 Å². The van der Waals surface area contributed by atoms with E-state index in [1.165, 1.54) is 0 Å². The summed E-state index contributed by atoms with van der Waals surface area (Å²) in [5.41, 5.74) is 0.931. The number of halogens is 1. The van der Waals surface area contributed by atoms with E-state index in [0.29, 0.717) is 0 Å². The van der Waals surface area contributed by atoms with Crippen LogP contribution in [0.3, 0.4) is 0 Å². The maximum Gasteiger partial charge on any atom is 0.128 e. The van der Waals surface area contributed by atoms with Crippen LogP contribution in [0.2, 0.25) is 0 Å². The van der Waals surface area contributed by atoms with Crippen LogP contribution in [-0.2, 0) is 13.0 Å². The average Bonchev–Trinajstić information content (AvgIpc) is 3.02. The van der Waals surface area contributed by atoms with E-state index >= 15 is 0 Å². The lowest BCUT2D eigenvalue weighted by atomic mass is 10.2. The summed E-state index contributed by atoms with van der Waals surface area (Å²) in [6, 6.07) is 6.02. The van der Waals surface area contributed by atoms with Crippen molar-refractivity contribution in [3.8, 4) is 0 Å². The molecule has 0 N–H and O–H groups in total. The Morgan fingerprint density at radius 1 is 1.09 bits per heavy atom. The third-order valence-electron chi connectivity index (χ3n) is 3.93. The van der Waals surface area contributed by atoms with Gasteiger partial charge in [-0.15, -0.1) is 5.10 Å². The standard InChI is InChI=1S/C15H21FN6/c16-5-8-22-13-14(18-19-22)4-7-20-9-11-21(12-10-20)15-3-1-2-6-17-15/h1-3,6,13H,4-5,7-12H2. The predicted molar refractivity (Wildman–Crippen MR) is 82.6 cm³/mol. The Balaban J connectivity index is 1.44. The third-order valence-corrected chi connectivity index (χ3v) is 3.93. The number of anilines is 1. The van der Waals surface area contributed by atoms with E-state index in [4.69, 9.17) is 0 Å². The molecule has 0 amide bonds. The van der Waals surface area contributed by atoms with Crippen LogP contribution in [0, 0.1) is 0 Å². The van der Waals surface area contributed by atoms with E-state index in [0.717, 1.165) is 50.7 Å². The molecule has 1 aliphatic rings. The Kier molecular flexibility index (Phi) is 4.95. The van der Waals surface area contributed by atoms with Crippen molar-refractivity contribution in [2.75, 3.05) is 44.3 Å². The molecule has 0 saturated carbocycles. The molecule has 0 atom stereocenters. The molecule has 0 bridgehead atoms. The highest BCUT2D eigenvalue weighted by Crippen LogP contribution is 2.12. The molecular weight excluding hydrogens is 283 g/mol. The van der Waals surface area contributed by atoms with E-state index in [1.807, 2.05) is 24.5 Å². The first-order chi connectivity index (χ1) is 10.8. The van der Waals surface area contributed by atoms with Gasteiger partial charge in [-0.1, -0.05) is 11.3 Å². The van der Waals surface area contributed by atoms with Crippen molar-refractivity contribution in [2.24, 2.45) is 0 Å². The van der Waals surface area contributed by atoms with Gasteiger partial charge in [-0.2, -0.15) is 0 Å². The number of hydrogen-bond donors (Lipinski definition) is 0. The number of aromatic nitrogens is 4. The minimum atomic E-state index is -0.404. The zero-order valence-corrected chi connectivity index (χ0v) is 12.6. The summed E-state index contributed by atoms with van der Waals surface area (Å²) in [7, 11) is 0. The summed E-state index contributed by atoms with van der Waals surface area (Å²) >= 11 is 0. The van der Waals surface area contributed by atoms with Crippen LogP contribution >= 0.6 is 0 Å².